The number of hydrogen-bond acceptors (Lipinski definition) is 4. The van der Waals surface area contributed by atoms with E-state index in [-0.39, 0.29) is 24.8 Å². The minimum atomic E-state index is 0. The van der Waals surface area contributed by atoms with E-state index in [4.69, 9.17) is 5.73 Å². The smallest absolute Gasteiger partial charge is 0.225 e. The number of nitrogen functional groups attached to an aromatic ring is 1. The molecule has 2 heterocycles. The summed E-state index contributed by atoms with van der Waals surface area (Å²) in [6, 6.07) is 0. The Morgan fingerprint density at radius 2 is 2.05 bits per heavy atom. The zero-order valence-electron chi connectivity index (χ0n) is 11.9. The Hall–Kier alpha value is -0.910. The maximum atomic E-state index is 5.92. The number of aromatic nitrogens is 3. The molecular weight excluding hydrogens is 315 g/mol. The molecule has 7 heteroatoms. The number of nitrogens with two attached hydrogens (primary N) is 1. The summed E-state index contributed by atoms with van der Waals surface area (Å²) in [5, 5.41) is 0. The Morgan fingerprint density at radius 3 is 2.65 bits per heavy atom. The fraction of sp³-hybridized carbons (Fsp3) is 0.462. The first-order chi connectivity index (χ1) is 8.61. The maximum Gasteiger partial charge on any atom is 0.225 e. The van der Waals surface area contributed by atoms with E-state index in [2.05, 4.69) is 33.9 Å². The van der Waals surface area contributed by atoms with Gasteiger partial charge in [0.05, 0.1) is 10.4 Å². The number of thiazole rings is 1. The van der Waals surface area contributed by atoms with Gasteiger partial charge in [0.1, 0.15) is 11.6 Å². The van der Waals surface area contributed by atoms with Crippen LogP contribution in [0.2, 0.25) is 0 Å². The molecule has 20 heavy (non-hydrogen) atoms. The Balaban J connectivity index is 0.00000180. The van der Waals surface area contributed by atoms with E-state index in [0.717, 1.165) is 24.4 Å². The van der Waals surface area contributed by atoms with Gasteiger partial charge in [-0.05, 0) is 13.3 Å². The van der Waals surface area contributed by atoms with Gasteiger partial charge in [0, 0.05) is 13.1 Å². The van der Waals surface area contributed by atoms with E-state index in [1.807, 2.05) is 24.5 Å². The van der Waals surface area contributed by atoms with Crippen LogP contribution >= 0.6 is 23.7 Å². The zero-order chi connectivity index (χ0) is 13.1. The lowest BCUT2D eigenvalue weighted by molar-refractivity contribution is -0.689. The summed E-state index contributed by atoms with van der Waals surface area (Å²) in [6.07, 6.45) is 4.14. The van der Waals surface area contributed by atoms with Gasteiger partial charge in [-0.25, -0.2) is 9.97 Å². The number of rotatable bonds is 4. The van der Waals surface area contributed by atoms with Crippen molar-refractivity contribution in [3.63, 3.8) is 0 Å². The number of anilines is 1. The van der Waals surface area contributed by atoms with Crippen LogP contribution in [0, 0.1) is 13.8 Å². The van der Waals surface area contributed by atoms with Crippen LogP contribution in [0.3, 0.4) is 0 Å². The van der Waals surface area contributed by atoms with E-state index in [0.29, 0.717) is 5.82 Å². The van der Waals surface area contributed by atoms with Gasteiger partial charge in [0.2, 0.25) is 5.51 Å². The molecule has 0 fully saturated rings. The SMILES string of the molecule is CCCc1sc[n+](Cc2cnc(C)nc2N)c1C.Cl.[Cl-]. The molecule has 0 aliphatic carbocycles. The maximum absolute atomic E-state index is 5.92. The Kier molecular flexibility index (Phi) is 8.01. The lowest BCUT2D eigenvalue weighted by Gasteiger charge is -2.01. The summed E-state index contributed by atoms with van der Waals surface area (Å²) in [7, 11) is 0. The highest BCUT2D eigenvalue weighted by atomic mass is 35.5. The highest BCUT2D eigenvalue weighted by Gasteiger charge is 2.16. The molecule has 4 nitrogen and oxygen atoms in total. The fourth-order valence-electron chi connectivity index (χ4n) is 1.89. The van der Waals surface area contributed by atoms with Gasteiger partial charge in [-0.1, -0.05) is 24.7 Å². The second-order valence-electron chi connectivity index (χ2n) is 4.44. The van der Waals surface area contributed by atoms with E-state index in [1.54, 1.807) is 0 Å². The molecule has 0 atom stereocenters. The van der Waals surface area contributed by atoms with Crippen LogP contribution in [0.15, 0.2) is 11.7 Å². The van der Waals surface area contributed by atoms with Crippen molar-refractivity contribution < 1.29 is 17.0 Å². The fourth-order valence-corrected chi connectivity index (χ4v) is 2.99. The van der Waals surface area contributed by atoms with Crippen LogP contribution in [-0.2, 0) is 13.0 Å². The van der Waals surface area contributed by atoms with Gasteiger partial charge >= 0.3 is 0 Å². The molecule has 0 aliphatic heterocycles. The molecule has 0 aromatic carbocycles. The first kappa shape index (κ1) is 19.1. The van der Waals surface area contributed by atoms with E-state index < -0.39 is 0 Å². The number of hydrogen-bond donors (Lipinski definition) is 1. The third kappa shape index (κ3) is 4.30. The van der Waals surface area contributed by atoms with Crippen molar-refractivity contribution >= 4 is 29.6 Å². The summed E-state index contributed by atoms with van der Waals surface area (Å²) >= 11 is 1.81. The molecular formula is C13H20Cl2N4S. The lowest BCUT2D eigenvalue weighted by atomic mass is 10.2. The van der Waals surface area contributed by atoms with Gasteiger partial charge < -0.3 is 18.1 Å². The molecule has 2 rings (SSSR count). The number of nitrogens with zero attached hydrogens (tertiary/aromatic N) is 3. The summed E-state index contributed by atoms with van der Waals surface area (Å²) in [5.41, 5.74) is 10.4. The molecule has 0 aliphatic rings. The summed E-state index contributed by atoms with van der Waals surface area (Å²) < 4.78 is 2.22. The first-order valence-electron chi connectivity index (χ1n) is 6.16. The highest BCUT2D eigenvalue weighted by molar-refractivity contribution is 7.09. The minimum Gasteiger partial charge on any atom is -1.00 e. The van der Waals surface area contributed by atoms with Crippen molar-refractivity contribution in [3.05, 3.63) is 33.7 Å². The number of halogens is 2. The Bertz CT molecular complexity index is 557. The second-order valence-corrected chi connectivity index (χ2v) is 5.38. The lowest BCUT2D eigenvalue weighted by Crippen LogP contribution is -3.00. The van der Waals surface area contributed by atoms with Crippen molar-refractivity contribution in [2.75, 3.05) is 5.73 Å². The van der Waals surface area contributed by atoms with Crippen LogP contribution < -0.4 is 22.7 Å². The highest BCUT2D eigenvalue weighted by Crippen LogP contribution is 2.14. The molecule has 0 saturated carbocycles. The second kappa shape index (κ2) is 8.39. The van der Waals surface area contributed by atoms with Crippen molar-refractivity contribution in [3.8, 4) is 0 Å². The van der Waals surface area contributed by atoms with Crippen LogP contribution in [0.25, 0.3) is 0 Å². The molecule has 0 spiro atoms. The van der Waals surface area contributed by atoms with E-state index in [9.17, 15) is 0 Å². The standard InChI is InChI=1S/C13H19N4S.2ClH/c1-4-5-12-9(2)17(8-18-12)7-11-6-15-10(3)16-13(11)14;;/h6,8H,4-5,7H2,1-3H3,(H2,14,15,16);2*1H/q+1;;/p-1. The first-order valence-corrected chi connectivity index (χ1v) is 7.04. The van der Waals surface area contributed by atoms with Crippen molar-refractivity contribution in [2.24, 2.45) is 0 Å². The van der Waals surface area contributed by atoms with Crippen molar-refractivity contribution in [1.82, 2.24) is 9.97 Å². The average Bonchev–Trinajstić information content (AvgIpc) is 2.66. The minimum absolute atomic E-state index is 0. The Morgan fingerprint density at radius 1 is 1.35 bits per heavy atom. The summed E-state index contributed by atoms with van der Waals surface area (Å²) in [4.78, 5) is 9.86. The zero-order valence-corrected chi connectivity index (χ0v) is 14.3. The predicted molar refractivity (Wildman–Crippen MR) is 80.8 cm³/mol. The van der Waals surface area contributed by atoms with Gasteiger partial charge in [-0.2, -0.15) is 4.57 Å². The predicted octanol–water partition coefficient (Wildman–Crippen LogP) is -0.549. The molecule has 0 amide bonds. The summed E-state index contributed by atoms with van der Waals surface area (Å²) in [6.45, 7) is 6.96. The molecule has 0 radical (unpaired) electrons. The largest absolute Gasteiger partial charge is 1.00 e. The third-order valence-electron chi connectivity index (χ3n) is 2.99. The quantitative estimate of drug-likeness (QED) is 0.763. The van der Waals surface area contributed by atoms with Gasteiger partial charge in [-0.15, -0.1) is 12.4 Å². The van der Waals surface area contributed by atoms with Gasteiger partial charge in [0.25, 0.3) is 0 Å². The van der Waals surface area contributed by atoms with E-state index in [1.165, 1.54) is 17.0 Å². The molecule has 0 unspecified atom stereocenters. The molecule has 2 aromatic rings. The van der Waals surface area contributed by atoms with Crippen LogP contribution in [-0.4, -0.2) is 9.97 Å². The average molecular weight is 335 g/mol. The van der Waals surface area contributed by atoms with Crippen LogP contribution in [0.4, 0.5) is 5.82 Å². The van der Waals surface area contributed by atoms with Crippen LogP contribution in [0.5, 0.6) is 0 Å². The molecule has 2 aromatic heterocycles. The van der Waals surface area contributed by atoms with Crippen molar-refractivity contribution in [2.45, 2.75) is 40.2 Å². The van der Waals surface area contributed by atoms with Gasteiger partial charge in [0.15, 0.2) is 12.2 Å². The molecule has 0 saturated heterocycles. The molecule has 2 N–H and O–H groups in total. The van der Waals surface area contributed by atoms with E-state index >= 15 is 0 Å². The molecule has 112 valence electrons. The van der Waals surface area contributed by atoms with Crippen LogP contribution in [0.1, 0.15) is 35.3 Å². The normalized spacial score (nSPS) is 9.75. The topological polar surface area (TPSA) is 55.7 Å². The van der Waals surface area contributed by atoms with Crippen molar-refractivity contribution in [1.29, 1.82) is 0 Å². The summed E-state index contributed by atoms with van der Waals surface area (Å²) in [5.74, 6) is 1.30. The monoisotopic (exact) mass is 334 g/mol. The Labute approximate surface area is 136 Å². The third-order valence-corrected chi connectivity index (χ3v) is 4.14. The van der Waals surface area contributed by atoms with Gasteiger partial charge in [-0.3, -0.25) is 0 Å². The number of aryl methyl sites for hydroxylation is 2. The molecule has 0 bridgehead atoms.